The van der Waals surface area contributed by atoms with E-state index in [9.17, 15) is 9.59 Å². The van der Waals surface area contributed by atoms with E-state index in [1.165, 1.54) is 11.0 Å². The molecule has 0 spiro atoms. The number of benzene rings is 1. The quantitative estimate of drug-likeness (QED) is 0.679. The Hall–Kier alpha value is -3.49. The van der Waals surface area contributed by atoms with Crippen LogP contribution in [0.25, 0.3) is 11.4 Å². The van der Waals surface area contributed by atoms with Gasteiger partial charge in [0.1, 0.15) is 6.33 Å². The van der Waals surface area contributed by atoms with Gasteiger partial charge in [0.15, 0.2) is 5.82 Å². The van der Waals surface area contributed by atoms with Crippen LogP contribution in [0.1, 0.15) is 16.8 Å². The summed E-state index contributed by atoms with van der Waals surface area (Å²) in [6.07, 6.45) is 4.11. The fourth-order valence-corrected chi connectivity index (χ4v) is 3.33. The number of rotatable bonds is 5. The van der Waals surface area contributed by atoms with Crippen molar-refractivity contribution in [2.45, 2.75) is 6.42 Å². The molecule has 3 heterocycles. The minimum atomic E-state index is -0.122. The number of aromatic amines is 1. The predicted octanol–water partition coefficient (Wildman–Crippen LogP) is 0.822. The highest BCUT2D eigenvalue weighted by atomic mass is 16.1. The second-order valence-electron chi connectivity index (χ2n) is 6.90. The van der Waals surface area contributed by atoms with Crippen LogP contribution in [0.15, 0.2) is 47.7 Å². The molecular weight excluding hydrogens is 358 g/mol. The van der Waals surface area contributed by atoms with Gasteiger partial charge in [-0.3, -0.25) is 14.7 Å². The molecule has 4 rings (SSSR count). The number of carbonyl (C=O) groups is 1. The molecule has 2 N–H and O–H groups in total. The highest BCUT2D eigenvalue weighted by Gasteiger charge is 2.24. The summed E-state index contributed by atoms with van der Waals surface area (Å²) in [5.74, 6) is 0.905. The molecule has 1 aliphatic heterocycles. The summed E-state index contributed by atoms with van der Waals surface area (Å²) in [7, 11) is 1.63. The van der Waals surface area contributed by atoms with Crippen LogP contribution in [0, 0.1) is 5.92 Å². The van der Waals surface area contributed by atoms with Gasteiger partial charge in [0.25, 0.3) is 11.5 Å². The summed E-state index contributed by atoms with van der Waals surface area (Å²) >= 11 is 0. The van der Waals surface area contributed by atoms with Crippen LogP contribution >= 0.6 is 0 Å². The maximum absolute atomic E-state index is 12.4. The molecule has 1 aromatic carbocycles. The van der Waals surface area contributed by atoms with E-state index in [4.69, 9.17) is 0 Å². The highest BCUT2D eigenvalue weighted by Crippen LogP contribution is 2.21. The Balaban J connectivity index is 1.31. The summed E-state index contributed by atoms with van der Waals surface area (Å²) in [6, 6.07) is 8.84. The third-order valence-electron chi connectivity index (χ3n) is 4.99. The van der Waals surface area contributed by atoms with Crippen molar-refractivity contribution in [3.63, 3.8) is 0 Å². The van der Waals surface area contributed by atoms with Crippen molar-refractivity contribution < 1.29 is 4.79 Å². The molecule has 0 bridgehead atoms. The molecule has 144 valence electrons. The fourth-order valence-electron chi connectivity index (χ4n) is 3.33. The molecule has 28 heavy (non-hydrogen) atoms. The standard InChI is InChI=1S/C19H21N7O2/c1-25-17(27)8-16(10-23-25)26-7-6-13(11-26)9-20-19(28)15-4-2-14(3-5-15)18-21-12-22-24-18/h2-5,8,10,12-13H,6-7,9,11H2,1H3,(H,20,28)(H,21,22,24)/t13-/m0/s1. The van der Waals surface area contributed by atoms with E-state index in [-0.39, 0.29) is 11.5 Å². The van der Waals surface area contributed by atoms with E-state index >= 15 is 0 Å². The van der Waals surface area contributed by atoms with Gasteiger partial charge in [0, 0.05) is 43.9 Å². The van der Waals surface area contributed by atoms with Gasteiger partial charge in [-0.25, -0.2) is 9.67 Å². The number of hydrogen-bond donors (Lipinski definition) is 2. The van der Waals surface area contributed by atoms with Crippen LogP contribution in [0.3, 0.4) is 0 Å². The first kappa shape index (κ1) is 17.9. The van der Waals surface area contributed by atoms with E-state index in [0.717, 1.165) is 30.8 Å². The van der Waals surface area contributed by atoms with Crippen molar-refractivity contribution in [3.8, 4) is 11.4 Å². The molecule has 9 nitrogen and oxygen atoms in total. The zero-order valence-electron chi connectivity index (χ0n) is 15.5. The van der Waals surface area contributed by atoms with E-state index in [1.54, 1.807) is 31.4 Å². The molecule has 2 aromatic heterocycles. The van der Waals surface area contributed by atoms with E-state index in [1.807, 2.05) is 12.1 Å². The Labute approximate surface area is 161 Å². The lowest BCUT2D eigenvalue weighted by molar-refractivity contribution is 0.0948. The molecule has 1 fully saturated rings. The molecule has 1 atom stereocenters. The Morgan fingerprint density at radius 1 is 1.32 bits per heavy atom. The first-order valence-corrected chi connectivity index (χ1v) is 9.12. The normalized spacial score (nSPS) is 16.3. The molecule has 0 unspecified atom stereocenters. The number of H-pyrrole nitrogens is 1. The average molecular weight is 379 g/mol. The Bertz CT molecular complexity index is 1010. The number of amides is 1. The molecule has 1 saturated heterocycles. The van der Waals surface area contributed by atoms with E-state index in [0.29, 0.717) is 23.9 Å². The zero-order valence-corrected chi connectivity index (χ0v) is 15.5. The predicted molar refractivity (Wildman–Crippen MR) is 104 cm³/mol. The number of aryl methyl sites for hydroxylation is 1. The summed E-state index contributed by atoms with van der Waals surface area (Å²) in [5, 5.41) is 13.7. The third kappa shape index (κ3) is 3.78. The van der Waals surface area contributed by atoms with Crippen LogP contribution in [0.5, 0.6) is 0 Å². The lowest BCUT2D eigenvalue weighted by Crippen LogP contribution is -2.31. The van der Waals surface area contributed by atoms with Crippen molar-refractivity contribution in [2.75, 3.05) is 24.5 Å². The molecule has 9 heteroatoms. The van der Waals surface area contributed by atoms with Crippen LogP contribution < -0.4 is 15.8 Å². The van der Waals surface area contributed by atoms with Gasteiger partial charge < -0.3 is 10.2 Å². The van der Waals surface area contributed by atoms with Gasteiger partial charge in [-0.05, 0) is 24.5 Å². The number of nitrogens with zero attached hydrogens (tertiary/aromatic N) is 5. The van der Waals surface area contributed by atoms with Crippen molar-refractivity contribution in [3.05, 3.63) is 58.8 Å². The second kappa shape index (κ2) is 7.63. The third-order valence-corrected chi connectivity index (χ3v) is 4.99. The SMILES string of the molecule is Cn1ncc(N2CC[C@@H](CNC(=O)c3ccc(-c4ncn[nH]4)cc3)C2)cc1=O. The second-order valence-corrected chi connectivity index (χ2v) is 6.90. The van der Waals surface area contributed by atoms with Gasteiger partial charge in [0.05, 0.1) is 11.9 Å². The van der Waals surface area contributed by atoms with Crippen molar-refractivity contribution in [1.82, 2.24) is 30.3 Å². The summed E-state index contributed by atoms with van der Waals surface area (Å²) in [6.45, 7) is 2.23. The summed E-state index contributed by atoms with van der Waals surface area (Å²) in [5.41, 5.74) is 2.19. The Morgan fingerprint density at radius 2 is 2.14 bits per heavy atom. The zero-order chi connectivity index (χ0) is 19.5. The number of carbonyl (C=O) groups excluding carboxylic acids is 1. The minimum Gasteiger partial charge on any atom is -0.370 e. The van der Waals surface area contributed by atoms with Crippen molar-refractivity contribution in [1.29, 1.82) is 0 Å². The van der Waals surface area contributed by atoms with Crippen LogP contribution in [0.2, 0.25) is 0 Å². The number of anilines is 1. The summed E-state index contributed by atoms with van der Waals surface area (Å²) in [4.78, 5) is 30.4. The van der Waals surface area contributed by atoms with Crippen molar-refractivity contribution >= 4 is 11.6 Å². The van der Waals surface area contributed by atoms with E-state index in [2.05, 4.69) is 30.5 Å². The molecule has 0 aliphatic carbocycles. The highest BCUT2D eigenvalue weighted by molar-refractivity contribution is 5.94. The number of hydrogen-bond acceptors (Lipinski definition) is 6. The minimum absolute atomic E-state index is 0.0992. The summed E-state index contributed by atoms with van der Waals surface area (Å²) < 4.78 is 1.31. The molecule has 3 aromatic rings. The number of aromatic nitrogens is 5. The molecule has 0 radical (unpaired) electrons. The molecule has 0 saturated carbocycles. The molecule has 1 amide bonds. The lowest BCUT2D eigenvalue weighted by atomic mass is 10.1. The van der Waals surface area contributed by atoms with Crippen LogP contribution in [-0.2, 0) is 7.05 Å². The monoisotopic (exact) mass is 379 g/mol. The van der Waals surface area contributed by atoms with Crippen molar-refractivity contribution in [2.24, 2.45) is 13.0 Å². The van der Waals surface area contributed by atoms with Gasteiger partial charge in [-0.1, -0.05) is 12.1 Å². The maximum atomic E-state index is 12.4. The van der Waals surface area contributed by atoms with Gasteiger partial charge in [-0.15, -0.1) is 0 Å². The Morgan fingerprint density at radius 3 is 2.86 bits per heavy atom. The van der Waals surface area contributed by atoms with Crippen LogP contribution in [-0.4, -0.2) is 50.5 Å². The molecule has 1 aliphatic rings. The van der Waals surface area contributed by atoms with E-state index < -0.39 is 0 Å². The smallest absolute Gasteiger partial charge is 0.268 e. The Kier molecular flexibility index (Phi) is 4.88. The lowest BCUT2D eigenvalue weighted by Gasteiger charge is -2.18. The van der Waals surface area contributed by atoms with Crippen LogP contribution in [0.4, 0.5) is 5.69 Å². The first-order valence-electron chi connectivity index (χ1n) is 9.12. The topological polar surface area (TPSA) is 109 Å². The van der Waals surface area contributed by atoms with Gasteiger partial charge in [0.2, 0.25) is 0 Å². The van der Waals surface area contributed by atoms with Gasteiger partial charge in [-0.2, -0.15) is 10.2 Å². The van der Waals surface area contributed by atoms with Gasteiger partial charge >= 0.3 is 0 Å². The fraction of sp³-hybridized carbons (Fsp3) is 0.316. The molecular formula is C19H21N7O2. The average Bonchev–Trinajstić information content (AvgIpc) is 3.40. The largest absolute Gasteiger partial charge is 0.370 e. The first-order chi connectivity index (χ1) is 13.6. The number of nitrogens with one attached hydrogen (secondary N) is 2. The maximum Gasteiger partial charge on any atom is 0.268 e.